The van der Waals surface area contributed by atoms with Crippen LogP contribution in [-0.2, 0) is 14.3 Å². The molecule has 1 saturated heterocycles. The van der Waals surface area contributed by atoms with Crippen molar-refractivity contribution in [2.75, 3.05) is 44.8 Å². The number of halogens is 1. The van der Waals surface area contributed by atoms with Crippen molar-refractivity contribution in [2.45, 2.75) is 6.92 Å². The molecule has 1 N–H and O–H groups in total. The first-order valence-electron chi connectivity index (χ1n) is 8.75. The van der Waals surface area contributed by atoms with Crippen molar-refractivity contribution < 1.29 is 19.1 Å². The number of carbonyl (C=O) groups excluding carboxylic acids is 2. The number of amides is 1. The van der Waals surface area contributed by atoms with Crippen molar-refractivity contribution in [2.24, 2.45) is 0 Å². The largest absolute Gasteiger partial charge is 0.462 e. The van der Waals surface area contributed by atoms with E-state index in [-0.39, 0.29) is 19.1 Å². The maximum atomic E-state index is 12.6. The standard InChI is InChI=1S/C19H21ClN2O4S/c1-2-26-19(24)16-15(13-6-4-3-5-7-13)17(20)27-18(16)21-14(23)12-22-8-10-25-11-9-22/h3-7H,2,8-12H2,1H3,(H,21,23). The first kappa shape index (κ1) is 19.8. The summed E-state index contributed by atoms with van der Waals surface area (Å²) in [6.45, 7) is 4.86. The molecule has 2 aromatic rings. The highest BCUT2D eigenvalue weighted by atomic mass is 35.5. The van der Waals surface area contributed by atoms with Crippen molar-refractivity contribution in [3.8, 4) is 11.1 Å². The number of nitrogens with zero attached hydrogens (tertiary/aromatic N) is 1. The molecule has 1 aliphatic heterocycles. The predicted molar refractivity (Wildman–Crippen MR) is 107 cm³/mol. The van der Waals surface area contributed by atoms with E-state index in [0.29, 0.717) is 46.8 Å². The third-order valence-corrected chi connectivity index (χ3v) is 5.45. The van der Waals surface area contributed by atoms with E-state index in [1.165, 1.54) is 11.3 Å². The topological polar surface area (TPSA) is 67.9 Å². The Morgan fingerprint density at radius 1 is 1.26 bits per heavy atom. The molecule has 0 aliphatic carbocycles. The van der Waals surface area contributed by atoms with Gasteiger partial charge >= 0.3 is 5.97 Å². The van der Waals surface area contributed by atoms with E-state index < -0.39 is 5.97 Å². The van der Waals surface area contributed by atoms with Gasteiger partial charge in [-0.05, 0) is 12.5 Å². The second kappa shape index (κ2) is 9.32. The Morgan fingerprint density at radius 3 is 2.63 bits per heavy atom. The summed E-state index contributed by atoms with van der Waals surface area (Å²) in [5.74, 6) is -0.693. The van der Waals surface area contributed by atoms with Crippen LogP contribution in [0.3, 0.4) is 0 Å². The van der Waals surface area contributed by atoms with E-state index in [1.54, 1.807) is 6.92 Å². The van der Waals surface area contributed by atoms with Gasteiger partial charge in [0.2, 0.25) is 5.91 Å². The Labute approximate surface area is 167 Å². The lowest BCUT2D eigenvalue weighted by atomic mass is 10.0. The normalized spacial score (nSPS) is 14.7. The molecule has 1 fully saturated rings. The summed E-state index contributed by atoms with van der Waals surface area (Å²) >= 11 is 7.61. The Morgan fingerprint density at radius 2 is 1.96 bits per heavy atom. The van der Waals surface area contributed by atoms with E-state index in [2.05, 4.69) is 5.32 Å². The maximum Gasteiger partial charge on any atom is 0.341 e. The van der Waals surface area contributed by atoms with E-state index in [0.717, 1.165) is 5.56 Å². The third kappa shape index (κ3) is 4.87. The van der Waals surface area contributed by atoms with Gasteiger partial charge in [0.1, 0.15) is 14.9 Å². The van der Waals surface area contributed by atoms with Crippen LogP contribution in [0.4, 0.5) is 5.00 Å². The average Bonchev–Trinajstić information content (AvgIpc) is 2.99. The average molecular weight is 409 g/mol. The number of anilines is 1. The molecule has 0 bridgehead atoms. The van der Waals surface area contributed by atoms with Crippen molar-refractivity contribution >= 4 is 39.8 Å². The van der Waals surface area contributed by atoms with Crippen LogP contribution in [0.2, 0.25) is 4.34 Å². The molecular weight excluding hydrogens is 388 g/mol. The van der Waals surface area contributed by atoms with Gasteiger partial charge in [0.05, 0.1) is 26.4 Å². The third-order valence-electron chi connectivity index (χ3n) is 4.13. The number of nitrogens with one attached hydrogen (secondary N) is 1. The molecule has 0 unspecified atom stereocenters. The number of hydrogen-bond donors (Lipinski definition) is 1. The second-order valence-electron chi connectivity index (χ2n) is 5.98. The molecule has 0 radical (unpaired) electrons. The fourth-order valence-corrected chi connectivity index (χ4v) is 4.27. The van der Waals surface area contributed by atoms with Crippen LogP contribution in [0.25, 0.3) is 11.1 Å². The molecule has 27 heavy (non-hydrogen) atoms. The quantitative estimate of drug-likeness (QED) is 0.741. The van der Waals surface area contributed by atoms with Gasteiger partial charge in [0.25, 0.3) is 0 Å². The molecule has 0 spiro atoms. The second-order valence-corrected chi connectivity index (χ2v) is 7.60. The minimum atomic E-state index is -0.499. The van der Waals surface area contributed by atoms with Crippen LogP contribution < -0.4 is 5.32 Å². The van der Waals surface area contributed by atoms with E-state index in [1.807, 2.05) is 35.2 Å². The number of esters is 1. The summed E-state index contributed by atoms with van der Waals surface area (Å²) in [6.07, 6.45) is 0. The summed E-state index contributed by atoms with van der Waals surface area (Å²) in [6, 6.07) is 9.37. The van der Waals surface area contributed by atoms with Gasteiger partial charge in [0.15, 0.2) is 0 Å². The molecule has 0 saturated carbocycles. The van der Waals surface area contributed by atoms with Crippen LogP contribution >= 0.6 is 22.9 Å². The van der Waals surface area contributed by atoms with Crippen molar-refractivity contribution in [1.82, 2.24) is 4.90 Å². The fraction of sp³-hybridized carbons (Fsp3) is 0.368. The highest BCUT2D eigenvalue weighted by Gasteiger charge is 2.27. The lowest BCUT2D eigenvalue weighted by Crippen LogP contribution is -2.41. The Balaban J connectivity index is 1.87. The highest BCUT2D eigenvalue weighted by Crippen LogP contribution is 2.43. The van der Waals surface area contributed by atoms with Crippen LogP contribution in [-0.4, -0.2) is 56.2 Å². The molecule has 8 heteroatoms. The molecule has 1 amide bonds. The zero-order chi connectivity index (χ0) is 19.2. The SMILES string of the molecule is CCOC(=O)c1c(NC(=O)CN2CCOCC2)sc(Cl)c1-c1ccccc1. The number of ether oxygens (including phenoxy) is 2. The lowest BCUT2D eigenvalue weighted by molar-refractivity contribution is -0.118. The number of morpholine rings is 1. The van der Waals surface area contributed by atoms with E-state index in [9.17, 15) is 9.59 Å². The Hall–Kier alpha value is -1.93. The summed E-state index contributed by atoms with van der Waals surface area (Å²) < 4.78 is 10.9. The number of benzene rings is 1. The highest BCUT2D eigenvalue weighted by molar-refractivity contribution is 7.21. The molecule has 1 aromatic heterocycles. The van der Waals surface area contributed by atoms with Gasteiger partial charge in [-0.3, -0.25) is 9.69 Å². The first-order chi connectivity index (χ1) is 13.1. The summed E-state index contributed by atoms with van der Waals surface area (Å²) in [5.41, 5.74) is 1.69. The predicted octanol–water partition coefficient (Wildman–Crippen LogP) is 3.52. The molecule has 6 nitrogen and oxygen atoms in total. The van der Waals surface area contributed by atoms with Crippen molar-refractivity contribution in [3.05, 3.63) is 40.2 Å². The van der Waals surface area contributed by atoms with Crippen molar-refractivity contribution in [1.29, 1.82) is 0 Å². The summed E-state index contributed by atoms with van der Waals surface area (Å²) in [5, 5.41) is 3.25. The van der Waals surface area contributed by atoms with Gasteiger partial charge in [-0.15, -0.1) is 11.3 Å². The zero-order valence-corrected chi connectivity index (χ0v) is 16.6. The lowest BCUT2D eigenvalue weighted by Gasteiger charge is -2.25. The van der Waals surface area contributed by atoms with Crippen LogP contribution in [0.15, 0.2) is 30.3 Å². The van der Waals surface area contributed by atoms with Crippen LogP contribution in [0.1, 0.15) is 17.3 Å². The van der Waals surface area contributed by atoms with Crippen LogP contribution in [0, 0.1) is 0 Å². The van der Waals surface area contributed by atoms with Crippen molar-refractivity contribution in [3.63, 3.8) is 0 Å². The summed E-state index contributed by atoms with van der Waals surface area (Å²) in [4.78, 5) is 27.1. The van der Waals surface area contributed by atoms with Gasteiger partial charge in [-0.2, -0.15) is 0 Å². The smallest absolute Gasteiger partial charge is 0.341 e. The minimum Gasteiger partial charge on any atom is -0.462 e. The maximum absolute atomic E-state index is 12.6. The number of rotatable bonds is 6. The number of carbonyl (C=O) groups is 2. The molecule has 3 rings (SSSR count). The molecule has 1 aliphatic rings. The zero-order valence-electron chi connectivity index (χ0n) is 15.0. The van der Waals surface area contributed by atoms with Gasteiger partial charge in [-0.1, -0.05) is 41.9 Å². The van der Waals surface area contributed by atoms with E-state index >= 15 is 0 Å². The van der Waals surface area contributed by atoms with Gasteiger partial charge < -0.3 is 14.8 Å². The van der Waals surface area contributed by atoms with Crippen LogP contribution in [0.5, 0.6) is 0 Å². The summed E-state index contributed by atoms with van der Waals surface area (Å²) in [7, 11) is 0. The Kier molecular flexibility index (Phi) is 6.84. The molecule has 144 valence electrons. The monoisotopic (exact) mass is 408 g/mol. The minimum absolute atomic E-state index is 0.194. The number of thiophene rings is 1. The van der Waals surface area contributed by atoms with E-state index in [4.69, 9.17) is 21.1 Å². The molecule has 0 atom stereocenters. The molecular formula is C19H21ClN2O4S. The first-order valence-corrected chi connectivity index (χ1v) is 9.94. The van der Waals surface area contributed by atoms with Gasteiger partial charge in [0, 0.05) is 18.7 Å². The Bertz CT molecular complexity index is 804. The van der Waals surface area contributed by atoms with Gasteiger partial charge in [-0.25, -0.2) is 4.79 Å². The molecule has 2 heterocycles. The molecule has 1 aromatic carbocycles. The number of hydrogen-bond acceptors (Lipinski definition) is 6. The fourth-order valence-electron chi connectivity index (χ4n) is 2.88.